The van der Waals surface area contributed by atoms with E-state index in [-0.39, 0.29) is 29.1 Å². The average Bonchev–Trinajstić information content (AvgIpc) is 3.06. The number of hydrogen-bond donors (Lipinski definition) is 3. The molecule has 4 aliphatic rings. The van der Waals surface area contributed by atoms with Gasteiger partial charge in [-0.3, -0.25) is 4.79 Å². The third-order valence-electron chi connectivity index (χ3n) is 8.75. The SMILES string of the molecule is CNC1(c2ccccc2)CCC2(CC1)CN(CCC(=O)NC1COC1)C(=O)N2CC1(O)CCC1. The first-order valence-electron chi connectivity index (χ1n) is 12.8. The zero-order valence-corrected chi connectivity index (χ0v) is 20.2. The van der Waals surface area contributed by atoms with E-state index < -0.39 is 5.60 Å². The normalized spacial score (nSPS) is 30.8. The Hall–Kier alpha value is -2.16. The Balaban J connectivity index is 1.30. The summed E-state index contributed by atoms with van der Waals surface area (Å²) in [4.78, 5) is 29.7. The summed E-state index contributed by atoms with van der Waals surface area (Å²) in [5.74, 6) is -0.0341. The molecule has 3 N–H and O–H groups in total. The average molecular weight is 471 g/mol. The second kappa shape index (κ2) is 9.13. The summed E-state index contributed by atoms with van der Waals surface area (Å²) in [6.07, 6.45) is 6.39. The van der Waals surface area contributed by atoms with Crippen molar-refractivity contribution < 1.29 is 19.4 Å². The minimum absolute atomic E-state index is 0.0308. The molecule has 0 unspecified atom stereocenters. The zero-order valence-electron chi connectivity index (χ0n) is 20.2. The first-order valence-corrected chi connectivity index (χ1v) is 12.8. The van der Waals surface area contributed by atoms with Crippen molar-refractivity contribution in [3.63, 3.8) is 0 Å². The van der Waals surface area contributed by atoms with Crippen LogP contribution in [0.5, 0.6) is 0 Å². The highest BCUT2D eigenvalue weighted by Gasteiger charge is 2.55. The van der Waals surface area contributed by atoms with E-state index in [1.54, 1.807) is 0 Å². The molecule has 0 bridgehead atoms. The van der Waals surface area contributed by atoms with Crippen LogP contribution in [0.1, 0.15) is 56.9 Å². The number of aliphatic hydroxyl groups is 1. The summed E-state index contributed by atoms with van der Waals surface area (Å²) in [5.41, 5.74) is 0.120. The summed E-state index contributed by atoms with van der Waals surface area (Å²) < 4.78 is 5.13. The molecule has 0 aromatic heterocycles. The van der Waals surface area contributed by atoms with E-state index in [4.69, 9.17) is 4.74 Å². The van der Waals surface area contributed by atoms with Crippen LogP contribution in [0.3, 0.4) is 0 Å². The highest BCUT2D eigenvalue weighted by molar-refractivity contribution is 5.80. The molecule has 2 aliphatic heterocycles. The monoisotopic (exact) mass is 470 g/mol. The standard InChI is InChI=1S/C26H38N4O4/c1-27-26(20-6-3-2-4-7-20)13-11-24(12-14-26)18-29(15-8-22(31)28-21-16-34-17-21)23(32)30(24)19-25(33)9-5-10-25/h2-4,6-7,21,27,33H,5,8-19H2,1H3,(H,28,31). The lowest BCUT2D eigenvalue weighted by molar-refractivity contribution is -0.125. The van der Waals surface area contributed by atoms with E-state index in [9.17, 15) is 14.7 Å². The van der Waals surface area contributed by atoms with Crippen LogP contribution in [0.25, 0.3) is 0 Å². The van der Waals surface area contributed by atoms with Gasteiger partial charge in [0, 0.05) is 25.0 Å². The topological polar surface area (TPSA) is 94.1 Å². The van der Waals surface area contributed by atoms with Gasteiger partial charge in [0.25, 0.3) is 0 Å². The summed E-state index contributed by atoms with van der Waals surface area (Å²) >= 11 is 0. The van der Waals surface area contributed by atoms with Gasteiger partial charge in [-0.2, -0.15) is 0 Å². The zero-order chi connectivity index (χ0) is 23.8. The lowest BCUT2D eigenvalue weighted by Crippen LogP contribution is -2.59. The molecular formula is C26H38N4O4. The van der Waals surface area contributed by atoms with Crippen LogP contribution in [0.4, 0.5) is 4.79 Å². The van der Waals surface area contributed by atoms with Crippen molar-refractivity contribution in [3.8, 4) is 0 Å². The fourth-order valence-electron chi connectivity index (χ4n) is 6.19. The molecule has 1 aromatic rings. The number of urea groups is 1. The van der Waals surface area contributed by atoms with Gasteiger partial charge in [0.05, 0.1) is 36.9 Å². The maximum Gasteiger partial charge on any atom is 0.320 e. The molecule has 5 rings (SSSR count). The number of β-amino-alcohol motifs (C(OH)–C–C–N with tert-alkyl or cyclic N) is 1. The predicted octanol–water partition coefficient (Wildman–Crippen LogP) is 1.97. The van der Waals surface area contributed by atoms with Crippen LogP contribution in [-0.4, -0.2) is 83.9 Å². The minimum atomic E-state index is -0.767. The van der Waals surface area contributed by atoms with Gasteiger partial charge < -0.3 is 30.3 Å². The van der Waals surface area contributed by atoms with Crippen LogP contribution in [0.2, 0.25) is 0 Å². The molecule has 8 heteroatoms. The maximum atomic E-state index is 13.6. The molecule has 186 valence electrons. The predicted molar refractivity (Wildman–Crippen MR) is 128 cm³/mol. The highest BCUT2D eigenvalue weighted by Crippen LogP contribution is 2.48. The molecule has 2 heterocycles. The Bertz CT molecular complexity index is 891. The van der Waals surface area contributed by atoms with Crippen LogP contribution in [0.15, 0.2) is 30.3 Å². The third kappa shape index (κ3) is 4.32. The van der Waals surface area contributed by atoms with Crippen LogP contribution >= 0.6 is 0 Å². The highest BCUT2D eigenvalue weighted by atomic mass is 16.5. The first kappa shape index (κ1) is 23.6. The molecule has 3 amide bonds. The molecule has 1 spiro atoms. The Morgan fingerprint density at radius 1 is 1.12 bits per heavy atom. The molecule has 2 saturated heterocycles. The summed E-state index contributed by atoms with van der Waals surface area (Å²) in [6, 6.07) is 10.6. The molecule has 1 aromatic carbocycles. The summed E-state index contributed by atoms with van der Waals surface area (Å²) in [6.45, 7) is 2.56. The Kier molecular flexibility index (Phi) is 6.33. The van der Waals surface area contributed by atoms with Crippen molar-refractivity contribution >= 4 is 11.9 Å². The van der Waals surface area contributed by atoms with E-state index in [2.05, 4.69) is 34.9 Å². The van der Waals surface area contributed by atoms with Gasteiger partial charge in [0.2, 0.25) is 5.91 Å². The number of amides is 3. The third-order valence-corrected chi connectivity index (χ3v) is 8.75. The van der Waals surface area contributed by atoms with Crippen LogP contribution in [-0.2, 0) is 15.1 Å². The van der Waals surface area contributed by atoms with Gasteiger partial charge in [-0.15, -0.1) is 0 Å². The molecule has 0 atom stereocenters. The molecule has 0 radical (unpaired) electrons. The van der Waals surface area contributed by atoms with E-state index in [1.807, 2.05) is 22.9 Å². The van der Waals surface area contributed by atoms with E-state index in [0.29, 0.717) is 39.3 Å². The summed E-state index contributed by atoms with van der Waals surface area (Å²) in [7, 11) is 2.03. The van der Waals surface area contributed by atoms with Gasteiger partial charge in [0.15, 0.2) is 0 Å². The maximum absolute atomic E-state index is 13.6. The van der Waals surface area contributed by atoms with Crippen molar-refractivity contribution in [3.05, 3.63) is 35.9 Å². The minimum Gasteiger partial charge on any atom is -0.388 e. The number of ether oxygens (including phenoxy) is 1. The van der Waals surface area contributed by atoms with Crippen molar-refractivity contribution in [2.75, 3.05) is 39.9 Å². The lowest BCUT2D eigenvalue weighted by Gasteiger charge is -2.50. The number of benzene rings is 1. The Morgan fingerprint density at radius 2 is 1.82 bits per heavy atom. The fraction of sp³-hybridized carbons (Fsp3) is 0.692. The number of carbonyl (C=O) groups excluding carboxylic acids is 2. The van der Waals surface area contributed by atoms with Gasteiger partial charge in [-0.1, -0.05) is 30.3 Å². The number of nitrogens with one attached hydrogen (secondary N) is 2. The lowest BCUT2D eigenvalue weighted by atomic mass is 9.68. The van der Waals surface area contributed by atoms with Gasteiger partial charge in [0.1, 0.15) is 0 Å². The van der Waals surface area contributed by atoms with Crippen LogP contribution < -0.4 is 10.6 Å². The largest absolute Gasteiger partial charge is 0.388 e. The molecule has 2 aliphatic carbocycles. The van der Waals surface area contributed by atoms with E-state index in [0.717, 1.165) is 44.9 Å². The molecule has 8 nitrogen and oxygen atoms in total. The van der Waals surface area contributed by atoms with Crippen molar-refractivity contribution in [2.24, 2.45) is 0 Å². The molecular weight excluding hydrogens is 432 g/mol. The number of nitrogens with zero attached hydrogens (tertiary/aromatic N) is 2. The van der Waals surface area contributed by atoms with Crippen molar-refractivity contribution in [1.82, 2.24) is 20.4 Å². The van der Waals surface area contributed by atoms with Crippen molar-refractivity contribution in [2.45, 2.75) is 74.1 Å². The second-order valence-corrected chi connectivity index (χ2v) is 10.8. The smallest absolute Gasteiger partial charge is 0.320 e. The van der Waals surface area contributed by atoms with Crippen molar-refractivity contribution in [1.29, 1.82) is 0 Å². The quantitative estimate of drug-likeness (QED) is 0.540. The first-order chi connectivity index (χ1) is 16.4. The van der Waals surface area contributed by atoms with Gasteiger partial charge in [-0.25, -0.2) is 4.79 Å². The van der Waals surface area contributed by atoms with E-state index >= 15 is 0 Å². The number of hydrogen-bond acceptors (Lipinski definition) is 5. The fourth-order valence-corrected chi connectivity index (χ4v) is 6.19. The van der Waals surface area contributed by atoms with Gasteiger partial charge in [-0.05, 0) is 57.6 Å². The number of rotatable bonds is 8. The van der Waals surface area contributed by atoms with Gasteiger partial charge >= 0.3 is 6.03 Å². The molecule has 4 fully saturated rings. The number of carbonyl (C=O) groups is 2. The second-order valence-electron chi connectivity index (χ2n) is 10.8. The molecule has 34 heavy (non-hydrogen) atoms. The summed E-state index contributed by atoms with van der Waals surface area (Å²) in [5, 5.41) is 17.5. The Labute approximate surface area is 202 Å². The Morgan fingerprint density at radius 3 is 2.38 bits per heavy atom. The van der Waals surface area contributed by atoms with E-state index in [1.165, 1.54) is 5.56 Å². The van der Waals surface area contributed by atoms with Crippen LogP contribution in [0, 0.1) is 0 Å². The molecule has 2 saturated carbocycles.